The van der Waals surface area contributed by atoms with Crippen LogP contribution in [0.3, 0.4) is 0 Å². The SMILES string of the molecule is COc1cc(OC)cc(C(=O)Nc2ccc(-c3ccc4c(c3)C(=O)N([C@H](C(=O)O)C(C)C)C4)cc2)c1. The van der Waals surface area contributed by atoms with Gasteiger partial charge in [0.25, 0.3) is 11.8 Å². The molecule has 8 nitrogen and oxygen atoms in total. The van der Waals surface area contributed by atoms with Gasteiger partial charge in [-0.2, -0.15) is 0 Å². The third-order valence-electron chi connectivity index (χ3n) is 6.25. The lowest BCUT2D eigenvalue weighted by atomic mass is 10.00. The summed E-state index contributed by atoms with van der Waals surface area (Å²) in [5.41, 5.74) is 4.03. The van der Waals surface area contributed by atoms with Crippen LogP contribution in [0.4, 0.5) is 5.69 Å². The van der Waals surface area contributed by atoms with Crippen molar-refractivity contribution in [1.82, 2.24) is 4.90 Å². The molecule has 0 bridgehead atoms. The first-order chi connectivity index (χ1) is 17.2. The van der Waals surface area contributed by atoms with E-state index < -0.39 is 12.0 Å². The molecule has 1 aliphatic heterocycles. The Morgan fingerprint density at radius 1 is 0.917 bits per heavy atom. The van der Waals surface area contributed by atoms with Crippen molar-refractivity contribution in [3.63, 3.8) is 0 Å². The van der Waals surface area contributed by atoms with Gasteiger partial charge in [0, 0.05) is 29.4 Å². The molecule has 8 heteroatoms. The molecule has 2 N–H and O–H groups in total. The van der Waals surface area contributed by atoms with Crippen LogP contribution in [0, 0.1) is 5.92 Å². The van der Waals surface area contributed by atoms with Crippen LogP contribution in [0.15, 0.2) is 60.7 Å². The van der Waals surface area contributed by atoms with Gasteiger partial charge in [-0.3, -0.25) is 9.59 Å². The lowest BCUT2D eigenvalue weighted by molar-refractivity contribution is -0.144. The first kappa shape index (κ1) is 24.8. The number of anilines is 1. The minimum absolute atomic E-state index is 0.207. The number of nitrogens with one attached hydrogen (secondary N) is 1. The Morgan fingerprint density at radius 3 is 2.08 bits per heavy atom. The summed E-state index contributed by atoms with van der Waals surface area (Å²) in [7, 11) is 3.04. The summed E-state index contributed by atoms with van der Waals surface area (Å²) in [4.78, 5) is 38.9. The molecule has 3 aromatic rings. The molecule has 186 valence electrons. The maximum absolute atomic E-state index is 13.0. The van der Waals surface area contributed by atoms with Gasteiger partial charge in [-0.05, 0) is 52.9 Å². The highest BCUT2D eigenvalue weighted by Crippen LogP contribution is 2.32. The van der Waals surface area contributed by atoms with Crippen LogP contribution in [0.25, 0.3) is 11.1 Å². The number of carboxylic acids is 1. The first-order valence-electron chi connectivity index (χ1n) is 11.5. The third-order valence-corrected chi connectivity index (χ3v) is 6.25. The Labute approximate surface area is 209 Å². The second-order valence-corrected chi connectivity index (χ2v) is 8.96. The number of methoxy groups -OCH3 is 2. The Bertz CT molecular complexity index is 1290. The molecule has 1 heterocycles. The average molecular weight is 489 g/mol. The summed E-state index contributed by atoms with van der Waals surface area (Å²) in [6.07, 6.45) is 0. The molecule has 0 spiro atoms. The summed E-state index contributed by atoms with van der Waals surface area (Å²) in [6, 6.07) is 16.9. The van der Waals surface area contributed by atoms with E-state index in [1.54, 1.807) is 50.2 Å². The average Bonchev–Trinajstić information content (AvgIpc) is 3.18. The Morgan fingerprint density at radius 2 is 1.53 bits per heavy atom. The number of benzene rings is 3. The van der Waals surface area contributed by atoms with Crippen molar-refractivity contribution in [2.75, 3.05) is 19.5 Å². The van der Waals surface area contributed by atoms with E-state index in [1.807, 2.05) is 24.3 Å². The van der Waals surface area contributed by atoms with E-state index >= 15 is 0 Å². The second-order valence-electron chi connectivity index (χ2n) is 8.96. The fourth-order valence-electron chi connectivity index (χ4n) is 4.39. The van der Waals surface area contributed by atoms with Gasteiger partial charge in [0.2, 0.25) is 0 Å². The molecule has 0 saturated heterocycles. The molecule has 0 unspecified atom stereocenters. The van der Waals surface area contributed by atoms with Gasteiger partial charge in [-0.1, -0.05) is 38.1 Å². The molecule has 0 fully saturated rings. The van der Waals surface area contributed by atoms with E-state index in [1.165, 1.54) is 19.1 Å². The summed E-state index contributed by atoms with van der Waals surface area (Å²) in [5.74, 6) is -0.755. The van der Waals surface area contributed by atoms with E-state index in [4.69, 9.17) is 9.47 Å². The number of aliphatic carboxylic acids is 1. The quantitative estimate of drug-likeness (QED) is 0.477. The molecule has 0 aromatic heterocycles. The monoisotopic (exact) mass is 488 g/mol. The molecule has 1 aliphatic rings. The molecule has 36 heavy (non-hydrogen) atoms. The van der Waals surface area contributed by atoms with Gasteiger partial charge in [0.1, 0.15) is 17.5 Å². The van der Waals surface area contributed by atoms with Gasteiger partial charge < -0.3 is 24.8 Å². The minimum atomic E-state index is -1.00. The number of ether oxygens (including phenoxy) is 2. The number of hydrogen-bond donors (Lipinski definition) is 2. The number of hydrogen-bond acceptors (Lipinski definition) is 5. The van der Waals surface area contributed by atoms with Gasteiger partial charge in [-0.25, -0.2) is 4.79 Å². The molecule has 0 radical (unpaired) electrons. The zero-order valence-electron chi connectivity index (χ0n) is 20.6. The molecule has 0 aliphatic carbocycles. The van der Waals surface area contributed by atoms with Crippen LogP contribution in [0.5, 0.6) is 11.5 Å². The van der Waals surface area contributed by atoms with Crippen LogP contribution in [0.2, 0.25) is 0 Å². The highest BCUT2D eigenvalue weighted by Gasteiger charge is 2.38. The van der Waals surface area contributed by atoms with Crippen LogP contribution >= 0.6 is 0 Å². The highest BCUT2D eigenvalue weighted by molar-refractivity contribution is 6.05. The van der Waals surface area contributed by atoms with Crippen LogP contribution < -0.4 is 14.8 Å². The molecule has 2 amide bonds. The third kappa shape index (κ3) is 4.88. The first-order valence-corrected chi connectivity index (χ1v) is 11.5. The standard InChI is InChI=1S/C28H28N2O6/c1-16(2)25(28(33)34)30-15-19-6-5-18(13-24(19)27(30)32)17-7-9-21(10-8-17)29-26(31)20-11-22(35-3)14-23(12-20)36-4/h5-14,16,25H,15H2,1-4H3,(H,29,31)(H,33,34)/t25-/m0/s1. The summed E-state index contributed by atoms with van der Waals surface area (Å²) in [6.45, 7) is 3.88. The number of carbonyl (C=O) groups excluding carboxylic acids is 2. The molecule has 3 aromatic carbocycles. The fraction of sp³-hybridized carbons (Fsp3) is 0.250. The lowest BCUT2D eigenvalue weighted by Gasteiger charge is -2.27. The number of carboxylic acid groups (broad SMARTS) is 1. The van der Waals surface area contributed by atoms with Gasteiger partial charge in [0.15, 0.2) is 0 Å². The smallest absolute Gasteiger partial charge is 0.326 e. The second kappa shape index (κ2) is 10.1. The minimum Gasteiger partial charge on any atom is -0.497 e. The van der Waals surface area contributed by atoms with Crippen LogP contribution in [-0.4, -0.2) is 48.1 Å². The Balaban J connectivity index is 1.51. The van der Waals surface area contributed by atoms with E-state index in [-0.39, 0.29) is 24.3 Å². The number of carbonyl (C=O) groups is 3. The molecular weight excluding hydrogens is 460 g/mol. The normalized spacial score (nSPS) is 13.4. The largest absolute Gasteiger partial charge is 0.497 e. The molecule has 1 atom stereocenters. The predicted molar refractivity (Wildman–Crippen MR) is 136 cm³/mol. The maximum atomic E-state index is 13.0. The van der Waals surface area contributed by atoms with Gasteiger partial charge in [-0.15, -0.1) is 0 Å². The number of rotatable bonds is 8. The zero-order chi connectivity index (χ0) is 26.0. The van der Waals surface area contributed by atoms with Crippen LogP contribution in [0.1, 0.15) is 40.1 Å². The van der Waals surface area contributed by atoms with Crippen molar-refractivity contribution in [2.45, 2.75) is 26.4 Å². The maximum Gasteiger partial charge on any atom is 0.326 e. The number of fused-ring (bicyclic) bond motifs is 1. The predicted octanol–water partition coefficient (Wildman–Crippen LogP) is 4.69. The zero-order valence-corrected chi connectivity index (χ0v) is 20.6. The van der Waals surface area contributed by atoms with E-state index in [0.717, 1.165) is 16.7 Å². The van der Waals surface area contributed by atoms with E-state index in [9.17, 15) is 19.5 Å². The van der Waals surface area contributed by atoms with Crippen molar-refractivity contribution >= 4 is 23.5 Å². The van der Waals surface area contributed by atoms with Crippen molar-refractivity contribution in [2.24, 2.45) is 5.92 Å². The molecule has 0 saturated carbocycles. The summed E-state index contributed by atoms with van der Waals surface area (Å²) < 4.78 is 10.5. The van der Waals surface area contributed by atoms with E-state index in [0.29, 0.717) is 28.3 Å². The summed E-state index contributed by atoms with van der Waals surface area (Å²) in [5, 5.41) is 12.5. The lowest BCUT2D eigenvalue weighted by Crippen LogP contribution is -2.44. The van der Waals surface area contributed by atoms with E-state index in [2.05, 4.69) is 5.32 Å². The Kier molecular flexibility index (Phi) is 6.96. The number of nitrogens with zero attached hydrogens (tertiary/aromatic N) is 1. The van der Waals surface area contributed by atoms with Gasteiger partial charge in [0.05, 0.1) is 14.2 Å². The van der Waals surface area contributed by atoms with Crippen molar-refractivity contribution in [3.8, 4) is 22.6 Å². The van der Waals surface area contributed by atoms with Gasteiger partial charge >= 0.3 is 5.97 Å². The van der Waals surface area contributed by atoms with Crippen molar-refractivity contribution in [1.29, 1.82) is 0 Å². The van der Waals surface area contributed by atoms with Crippen molar-refractivity contribution < 1.29 is 29.0 Å². The Hall–Kier alpha value is -4.33. The van der Waals surface area contributed by atoms with Crippen LogP contribution in [-0.2, 0) is 11.3 Å². The number of amides is 2. The molecular formula is C28H28N2O6. The highest BCUT2D eigenvalue weighted by atomic mass is 16.5. The molecule has 4 rings (SSSR count). The summed E-state index contributed by atoms with van der Waals surface area (Å²) >= 11 is 0. The fourth-order valence-corrected chi connectivity index (χ4v) is 4.39. The topological polar surface area (TPSA) is 105 Å². The van der Waals surface area contributed by atoms with Crippen molar-refractivity contribution in [3.05, 3.63) is 77.4 Å².